The highest BCUT2D eigenvalue weighted by Crippen LogP contribution is 2.09. The van der Waals surface area contributed by atoms with Crippen molar-refractivity contribution in [1.82, 2.24) is 15.0 Å². The van der Waals surface area contributed by atoms with Crippen LogP contribution in [0.25, 0.3) is 0 Å². The first-order chi connectivity index (χ1) is 8.27. The Kier molecular flexibility index (Phi) is 3.59. The lowest BCUT2D eigenvalue weighted by Gasteiger charge is -2.06. The summed E-state index contributed by atoms with van der Waals surface area (Å²) in [6, 6.07) is 9.76. The van der Waals surface area contributed by atoms with E-state index in [0.717, 1.165) is 24.4 Å². The molecular weight excluding hydrogens is 216 g/mol. The zero-order valence-electron chi connectivity index (χ0n) is 9.84. The van der Waals surface area contributed by atoms with Gasteiger partial charge in [-0.1, -0.05) is 23.4 Å². The van der Waals surface area contributed by atoms with Gasteiger partial charge in [-0.3, -0.25) is 0 Å². The van der Waals surface area contributed by atoms with E-state index in [2.05, 4.69) is 10.3 Å². The molecular formula is C12H16N4O. The largest absolute Gasteiger partial charge is 0.494 e. The second-order valence-electron chi connectivity index (χ2n) is 3.80. The molecule has 0 radical (unpaired) electrons. The minimum atomic E-state index is 0.494. The van der Waals surface area contributed by atoms with Gasteiger partial charge in [-0.05, 0) is 19.1 Å². The molecule has 0 saturated heterocycles. The van der Waals surface area contributed by atoms with Crippen LogP contribution in [0.3, 0.4) is 0 Å². The molecule has 1 heterocycles. The van der Waals surface area contributed by atoms with Gasteiger partial charge in [0, 0.05) is 13.0 Å². The van der Waals surface area contributed by atoms with Gasteiger partial charge in [-0.25, -0.2) is 4.68 Å². The molecule has 5 nitrogen and oxygen atoms in total. The van der Waals surface area contributed by atoms with Crippen LogP contribution in [0.1, 0.15) is 12.1 Å². The standard InChI is InChI=1S/C12H16N4O/c1-10-12(13)14-15-16(10)8-5-9-17-11-6-3-2-4-7-11/h2-4,6-7H,5,8-9,13H2,1H3. The molecule has 90 valence electrons. The molecule has 2 N–H and O–H groups in total. The maximum absolute atomic E-state index is 5.61. The number of ether oxygens (including phenoxy) is 1. The lowest BCUT2D eigenvalue weighted by atomic mass is 10.3. The van der Waals surface area contributed by atoms with Crippen molar-refractivity contribution in [2.75, 3.05) is 12.3 Å². The average molecular weight is 232 g/mol. The molecule has 5 heteroatoms. The van der Waals surface area contributed by atoms with Gasteiger partial charge in [0.2, 0.25) is 0 Å². The van der Waals surface area contributed by atoms with Crippen LogP contribution >= 0.6 is 0 Å². The summed E-state index contributed by atoms with van der Waals surface area (Å²) >= 11 is 0. The summed E-state index contributed by atoms with van der Waals surface area (Å²) in [5, 5.41) is 7.75. The third kappa shape index (κ3) is 2.96. The van der Waals surface area contributed by atoms with E-state index in [4.69, 9.17) is 10.5 Å². The predicted octanol–water partition coefficient (Wildman–Crippen LogP) is 1.64. The average Bonchev–Trinajstić information content (AvgIpc) is 2.67. The first kappa shape index (κ1) is 11.4. The van der Waals surface area contributed by atoms with Crippen molar-refractivity contribution < 1.29 is 4.74 Å². The fraction of sp³-hybridized carbons (Fsp3) is 0.333. The Labute approximate surface area is 100 Å². The SMILES string of the molecule is Cc1c(N)nnn1CCCOc1ccccc1. The van der Waals surface area contributed by atoms with E-state index in [-0.39, 0.29) is 0 Å². The molecule has 2 rings (SSSR count). The Balaban J connectivity index is 1.75. The van der Waals surface area contributed by atoms with Crippen molar-refractivity contribution in [1.29, 1.82) is 0 Å². The van der Waals surface area contributed by atoms with E-state index < -0.39 is 0 Å². The number of nitrogens with zero attached hydrogens (tertiary/aromatic N) is 3. The number of anilines is 1. The van der Waals surface area contributed by atoms with Gasteiger partial charge in [0.05, 0.1) is 12.3 Å². The normalized spacial score (nSPS) is 10.4. The van der Waals surface area contributed by atoms with Gasteiger partial charge >= 0.3 is 0 Å². The number of hydrogen-bond donors (Lipinski definition) is 1. The zero-order chi connectivity index (χ0) is 12.1. The summed E-state index contributed by atoms with van der Waals surface area (Å²) < 4.78 is 7.38. The summed E-state index contributed by atoms with van der Waals surface area (Å²) in [4.78, 5) is 0. The van der Waals surface area contributed by atoms with Crippen LogP contribution in [0.5, 0.6) is 5.75 Å². The molecule has 0 saturated carbocycles. The zero-order valence-corrected chi connectivity index (χ0v) is 9.84. The first-order valence-electron chi connectivity index (χ1n) is 5.61. The molecule has 0 fully saturated rings. The minimum Gasteiger partial charge on any atom is -0.494 e. The highest BCUT2D eigenvalue weighted by atomic mass is 16.5. The minimum absolute atomic E-state index is 0.494. The van der Waals surface area contributed by atoms with Crippen molar-refractivity contribution in [3.05, 3.63) is 36.0 Å². The summed E-state index contributed by atoms with van der Waals surface area (Å²) in [6.45, 7) is 3.33. The molecule has 0 spiro atoms. The highest BCUT2D eigenvalue weighted by molar-refractivity contribution is 5.31. The van der Waals surface area contributed by atoms with Gasteiger partial charge in [0.25, 0.3) is 0 Å². The van der Waals surface area contributed by atoms with E-state index in [1.54, 1.807) is 4.68 Å². The third-order valence-electron chi connectivity index (χ3n) is 2.54. The summed E-state index contributed by atoms with van der Waals surface area (Å²) in [6.07, 6.45) is 0.874. The Morgan fingerprint density at radius 1 is 1.29 bits per heavy atom. The highest BCUT2D eigenvalue weighted by Gasteiger charge is 2.03. The van der Waals surface area contributed by atoms with Gasteiger partial charge in [-0.2, -0.15) is 0 Å². The predicted molar refractivity (Wildman–Crippen MR) is 65.7 cm³/mol. The van der Waals surface area contributed by atoms with Crippen LogP contribution < -0.4 is 10.5 Å². The molecule has 1 aromatic heterocycles. The molecule has 2 aromatic rings. The number of hydrogen-bond acceptors (Lipinski definition) is 4. The Morgan fingerprint density at radius 3 is 2.71 bits per heavy atom. The summed E-state index contributed by atoms with van der Waals surface area (Å²) in [5.74, 6) is 1.39. The molecule has 0 atom stereocenters. The molecule has 0 bridgehead atoms. The number of aromatic nitrogens is 3. The van der Waals surface area contributed by atoms with Gasteiger partial charge < -0.3 is 10.5 Å². The summed E-state index contributed by atoms with van der Waals surface area (Å²) in [5.41, 5.74) is 6.52. The van der Waals surface area contributed by atoms with Crippen LogP contribution in [0, 0.1) is 6.92 Å². The van der Waals surface area contributed by atoms with Crippen LogP contribution in [0.4, 0.5) is 5.82 Å². The number of benzene rings is 1. The third-order valence-corrected chi connectivity index (χ3v) is 2.54. The molecule has 0 unspecified atom stereocenters. The number of rotatable bonds is 5. The Hall–Kier alpha value is -2.04. The van der Waals surface area contributed by atoms with E-state index in [0.29, 0.717) is 12.4 Å². The monoisotopic (exact) mass is 232 g/mol. The number of para-hydroxylation sites is 1. The van der Waals surface area contributed by atoms with E-state index in [9.17, 15) is 0 Å². The Bertz CT molecular complexity index is 467. The van der Waals surface area contributed by atoms with E-state index >= 15 is 0 Å². The molecule has 0 aliphatic heterocycles. The van der Waals surface area contributed by atoms with Crippen molar-refractivity contribution in [3.8, 4) is 5.75 Å². The molecule has 0 amide bonds. The fourth-order valence-corrected chi connectivity index (χ4v) is 1.51. The fourth-order valence-electron chi connectivity index (χ4n) is 1.51. The van der Waals surface area contributed by atoms with Crippen molar-refractivity contribution in [3.63, 3.8) is 0 Å². The summed E-state index contributed by atoms with van der Waals surface area (Å²) in [7, 11) is 0. The number of nitrogens with two attached hydrogens (primary N) is 1. The second-order valence-corrected chi connectivity index (χ2v) is 3.80. The van der Waals surface area contributed by atoms with Crippen LogP contribution in [0.2, 0.25) is 0 Å². The van der Waals surface area contributed by atoms with Crippen LogP contribution in [-0.2, 0) is 6.54 Å². The lowest BCUT2D eigenvalue weighted by molar-refractivity contribution is 0.297. The van der Waals surface area contributed by atoms with Gasteiger partial charge in [0.15, 0.2) is 5.82 Å². The van der Waals surface area contributed by atoms with Crippen molar-refractivity contribution >= 4 is 5.82 Å². The van der Waals surface area contributed by atoms with Crippen molar-refractivity contribution in [2.45, 2.75) is 19.9 Å². The van der Waals surface area contributed by atoms with Crippen molar-refractivity contribution in [2.24, 2.45) is 0 Å². The first-order valence-corrected chi connectivity index (χ1v) is 5.61. The van der Waals surface area contributed by atoms with Crippen LogP contribution in [-0.4, -0.2) is 21.6 Å². The van der Waals surface area contributed by atoms with E-state index in [1.807, 2.05) is 37.3 Å². The van der Waals surface area contributed by atoms with Gasteiger partial charge in [-0.15, -0.1) is 5.10 Å². The Morgan fingerprint density at radius 2 is 2.06 bits per heavy atom. The lowest BCUT2D eigenvalue weighted by Crippen LogP contribution is -2.07. The molecule has 1 aromatic carbocycles. The molecule has 0 aliphatic rings. The maximum atomic E-state index is 5.61. The topological polar surface area (TPSA) is 66.0 Å². The number of aryl methyl sites for hydroxylation is 1. The second kappa shape index (κ2) is 5.34. The number of nitrogen functional groups attached to an aromatic ring is 1. The van der Waals surface area contributed by atoms with E-state index in [1.165, 1.54) is 0 Å². The smallest absolute Gasteiger partial charge is 0.168 e. The quantitative estimate of drug-likeness (QED) is 0.796. The maximum Gasteiger partial charge on any atom is 0.168 e. The van der Waals surface area contributed by atoms with Crippen LogP contribution in [0.15, 0.2) is 30.3 Å². The molecule has 17 heavy (non-hydrogen) atoms. The molecule has 0 aliphatic carbocycles. The van der Waals surface area contributed by atoms with Gasteiger partial charge in [0.1, 0.15) is 5.75 Å².